The molecule has 3 aliphatic heterocycles. The Morgan fingerprint density at radius 1 is 0.706 bits per heavy atom. The molecule has 0 bridgehead atoms. The Bertz CT molecular complexity index is 655. The topological polar surface area (TPSA) is 248 Å². The predicted octanol–water partition coefficient (Wildman–Crippen LogP) is -6.50. The quantitative estimate of drug-likeness (QED) is 0.133. The molecule has 3 heterocycles. The molecule has 0 aromatic carbocycles. The third kappa shape index (κ3) is 5.10. The van der Waals surface area contributed by atoms with Gasteiger partial charge in [0.2, 0.25) is 5.79 Å². The minimum atomic E-state index is -2.22. The fourth-order valence-electron chi connectivity index (χ4n) is 4.33. The fourth-order valence-corrected chi connectivity index (χ4v) is 4.33. The molecule has 0 radical (unpaired) electrons. The maximum atomic E-state index is 10.7. The molecule has 0 saturated carbocycles. The largest absolute Gasteiger partial charge is 0.394 e. The highest BCUT2D eigenvalue weighted by atomic mass is 16.8. The smallest absolute Gasteiger partial charge is 0.221 e. The summed E-state index contributed by atoms with van der Waals surface area (Å²) in [6.07, 6.45) is -14.4. The minimum absolute atomic E-state index is 0.182. The number of rotatable bonds is 10. The van der Waals surface area contributed by atoms with E-state index < -0.39 is 112 Å². The maximum Gasteiger partial charge on any atom is 0.221 e. The molecule has 34 heavy (non-hydrogen) atoms. The molecule has 15 nitrogen and oxygen atoms in total. The normalized spacial score (nSPS) is 49.6. The molecule has 3 fully saturated rings. The van der Waals surface area contributed by atoms with Crippen molar-refractivity contribution in [3.63, 3.8) is 0 Å². The molecule has 0 aromatic heterocycles. The van der Waals surface area contributed by atoms with Gasteiger partial charge in [0.1, 0.15) is 61.0 Å². The van der Waals surface area contributed by atoms with Crippen molar-refractivity contribution in [2.24, 2.45) is 0 Å². The predicted molar refractivity (Wildman–Crippen MR) is 105 cm³/mol. The summed E-state index contributed by atoms with van der Waals surface area (Å²) < 4.78 is 27.3. The van der Waals surface area contributed by atoms with E-state index in [0.717, 1.165) is 0 Å². The maximum absolute atomic E-state index is 10.7. The van der Waals surface area contributed by atoms with Gasteiger partial charge in [0.15, 0.2) is 6.29 Å². The number of hydrogen-bond acceptors (Lipinski definition) is 15. The molecule has 12 atom stereocenters. The van der Waals surface area contributed by atoms with Crippen molar-refractivity contribution in [1.29, 1.82) is 0 Å². The van der Waals surface area contributed by atoms with Crippen LogP contribution in [0.15, 0.2) is 0 Å². The highest BCUT2D eigenvalue weighted by molar-refractivity contribution is 5.04. The van der Waals surface area contributed by atoms with E-state index in [1.807, 2.05) is 0 Å². The summed E-state index contributed by atoms with van der Waals surface area (Å²) in [6, 6.07) is 0. The van der Waals surface area contributed by atoms with Gasteiger partial charge in [-0.2, -0.15) is 0 Å². The first kappa shape index (κ1) is 28.0. The summed E-state index contributed by atoms with van der Waals surface area (Å²) in [5.74, 6) is -2.22. The third-order valence-electron chi connectivity index (χ3n) is 6.48. The van der Waals surface area contributed by atoms with E-state index in [4.69, 9.17) is 23.7 Å². The molecule has 200 valence electrons. The number of ether oxygens (including phenoxy) is 5. The zero-order valence-electron chi connectivity index (χ0n) is 18.2. The second-order valence-corrected chi connectivity index (χ2v) is 8.78. The van der Waals surface area contributed by atoms with Gasteiger partial charge >= 0.3 is 0 Å². The summed E-state index contributed by atoms with van der Waals surface area (Å²) in [7, 11) is 0. The number of aliphatic hydroxyl groups excluding tert-OH is 10. The Morgan fingerprint density at radius 3 is 1.82 bits per heavy atom. The summed E-state index contributed by atoms with van der Waals surface area (Å²) >= 11 is 0. The van der Waals surface area contributed by atoms with Gasteiger partial charge in [-0.15, -0.1) is 0 Å². The molecular formula is C19H34O15. The first-order valence-electron chi connectivity index (χ1n) is 10.9. The Morgan fingerprint density at radius 2 is 1.29 bits per heavy atom. The van der Waals surface area contributed by atoms with Crippen LogP contribution < -0.4 is 0 Å². The molecule has 0 aromatic rings. The van der Waals surface area contributed by atoms with Crippen molar-refractivity contribution in [2.45, 2.75) is 79.0 Å². The minimum Gasteiger partial charge on any atom is -0.394 e. The van der Waals surface area contributed by atoms with Gasteiger partial charge in [-0.3, -0.25) is 0 Å². The molecule has 3 saturated heterocycles. The standard InChI is InChI=1S/C19H34O15/c20-2-10-8(24)1-9(25)17(32-10)30-6-18(15(28)13(26)11(3-21)33-18)7-31-19(5-23)16(29)14(27)12(4-22)34-19/h8-17,20-29H,1-7H2/t8-,9+,10+,11+,12+,13+,14+,15-,16-,17-,18+,19+/m0/s1. The average molecular weight is 502 g/mol. The third-order valence-corrected chi connectivity index (χ3v) is 6.48. The van der Waals surface area contributed by atoms with Gasteiger partial charge < -0.3 is 74.7 Å². The SMILES string of the molecule is OC[C@H]1O[C@](CO[C@H]2O[C@H](CO)[C@@H](O)C[C@H]2O)(CO[C@]2(CO)O[C@H](CO)[C@@H](O)[C@@H]2O)[C@@H](O)[C@@H]1O. The second kappa shape index (κ2) is 11.2. The van der Waals surface area contributed by atoms with E-state index in [1.165, 1.54) is 0 Å². The first-order chi connectivity index (χ1) is 16.1. The van der Waals surface area contributed by atoms with Gasteiger partial charge in [0, 0.05) is 6.42 Å². The Labute approximate surface area is 194 Å². The summed E-state index contributed by atoms with van der Waals surface area (Å²) in [6.45, 7) is -4.27. The molecule has 3 aliphatic rings. The van der Waals surface area contributed by atoms with Gasteiger partial charge in [-0.25, -0.2) is 0 Å². The number of hydrogen-bond donors (Lipinski definition) is 10. The Kier molecular flexibility index (Phi) is 9.22. The van der Waals surface area contributed by atoms with Crippen LogP contribution in [-0.4, -0.2) is 163 Å². The van der Waals surface area contributed by atoms with E-state index in [9.17, 15) is 51.1 Å². The van der Waals surface area contributed by atoms with Crippen LogP contribution in [-0.2, 0) is 23.7 Å². The molecule has 15 heteroatoms. The summed E-state index contributed by atoms with van der Waals surface area (Å²) in [5.41, 5.74) is -1.95. The van der Waals surface area contributed by atoms with E-state index >= 15 is 0 Å². The molecule has 0 amide bonds. The molecule has 0 aliphatic carbocycles. The summed E-state index contributed by atoms with van der Waals surface area (Å²) in [5, 5.41) is 99.3. The monoisotopic (exact) mass is 502 g/mol. The highest BCUT2D eigenvalue weighted by Gasteiger charge is 2.60. The van der Waals surface area contributed by atoms with Crippen LogP contribution in [0.25, 0.3) is 0 Å². The summed E-state index contributed by atoms with van der Waals surface area (Å²) in [4.78, 5) is 0. The van der Waals surface area contributed by atoms with Crippen molar-refractivity contribution < 1.29 is 74.7 Å². The van der Waals surface area contributed by atoms with Crippen LogP contribution in [0.5, 0.6) is 0 Å². The molecule has 0 unspecified atom stereocenters. The molecule has 10 N–H and O–H groups in total. The van der Waals surface area contributed by atoms with Gasteiger partial charge in [-0.05, 0) is 0 Å². The van der Waals surface area contributed by atoms with Crippen LogP contribution in [0, 0.1) is 0 Å². The lowest BCUT2D eigenvalue weighted by atomic mass is 9.95. The van der Waals surface area contributed by atoms with Crippen LogP contribution in [0.2, 0.25) is 0 Å². The highest BCUT2D eigenvalue weighted by Crippen LogP contribution is 2.38. The first-order valence-corrected chi connectivity index (χ1v) is 10.9. The molecule has 3 rings (SSSR count). The van der Waals surface area contributed by atoms with E-state index in [-0.39, 0.29) is 6.42 Å². The van der Waals surface area contributed by atoms with Gasteiger partial charge in [0.25, 0.3) is 0 Å². The van der Waals surface area contributed by atoms with Gasteiger partial charge in [0.05, 0.1) is 39.1 Å². The van der Waals surface area contributed by atoms with Crippen molar-refractivity contribution in [3.8, 4) is 0 Å². The zero-order chi connectivity index (χ0) is 25.3. The van der Waals surface area contributed by atoms with E-state index in [0.29, 0.717) is 0 Å². The Hall–Kier alpha value is -0.600. The van der Waals surface area contributed by atoms with E-state index in [2.05, 4.69) is 0 Å². The van der Waals surface area contributed by atoms with Crippen molar-refractivity contribution >= 4 is 0 Å². The van der Waals surface area contributed by atoms with Crippen LogP contribution in [0.1, 0.15) is 6.42 Å². The average Bonchev–Trinajstić information content (AvgIpc) is 3.22. The van der Waals surface area contributed by atoms with Crippen molar-refractivity contribution in [1.82, 2.24) is 0 Å². The lowest BCUT2D eigenvalue weighted by molar-refractivity contribution is -0.314. The lowest BCUT2D eigenvalue weighted by Gasteiger charge is -2.40. The van der Waals surface area contributed by atoms with E-state index in [1.54, 1.807) is 0 Å². The molecular weight excluding hydrogens is 468 g/mol. The van der Waals surface area contributed by atoms with Crippen molar-refractivity contribution in [2.75, 3.05) is 39.6 Å². The fraction of sp³-hybridized carbons (Fsp3) is 1.00. The van der Waals surface area contributed by atoms with Gasteiger partial charge in [-0.1, -0.05) is 0 Å². The van der Waals surface area contributed by atoms with Crippen LogP contribution in [0.4, 0.5) is 0 Å². The van der Waals surface area contributed by atoms with Crippen molar-refractivity contribution in [3.05, 3.63) is 0 Å². The van der Waals surface area contributed by atoms with Crippen LogP contribution in [0.3, 0.4) is 0 Å². The zero-order valence-corrected chi connectivity index (χ0v) is 18.2. The Balaban J connectivity index is 1.78. The lowest BCUT2D eigenvalue weighted by Crippen LogP contribution is -2.57. The second-order valence-electron chi connectivity index (χ2n) is 8.78. The number of aliphatic hydroxyl groups is 10. The van der Waals surface area contributed by atoms with Crippen LogP contribution >= 0.6 is 0 Å². The molecule has 0 spiro atoms.